The predicted octanol–water partition coefficient (Wildman–Crippen LogP) is 3.51. The molecule has 19 heavy (non-hydrogen) atoms. The third-order valence-electron chi connectivity index (χ3n) is 5.47. The van der Waals surface area contributed by atoms with E-state index in [4.69, 9.17) is 4.74 Å². The molecule has 2 bridgehead atoms. The summed E-state index contributed by atoms with van der Waals surface area (Å²) in [5, 5.41) is 0. The van der Waals surface area contributed by atoms with Crippen LogP contribution in [0.15, 0.2) is 35.5 Å². The maximum atomic E-state index is 12.1. The smallest absolute Gasteiger partial charge is 0.313 e. The highest BCUT2D eigenvalue weighted by atomic mass is 16.5. The number of hydrogen-bond donors (Lipinski definition) is 0. The molecule has 0 saturated heterocycles. The van der Waals surface area contributed by atoms with E-state index < -0.39 is 0 Å². The molecule has 0 heterocycles. The van der Waals surface area contributed by atoms with Gasteiger partial charge in [-0.1, -0.05) is 49.3 Å². The molecule has 0 aromatic heterocycles. The minimum atomic E-state index is -0.0985. The topological polar surface area (TPSA) is 26.3 Å². The zero-order valence-electron chi connectivity index (χ0n) is 12.1. The van der Waals surface area contributed by atoms with E-state index in [2.05, 4.69) is 32.9 Å². The SMILES string of the molecule is COC(=O)[C@@H]1C=CC=C2[C@@H]1[C@@H]1CC=C(C)[C@H]2C1(C)C. The van der Waals surface area contributed by atoms with E-state index in [1.54, 1.807) is 0 Å². The van der Waals surface area contributed by atoms with Crippen LogP contribution in [-0.2, 0) is 9.53 Å². The maximum Gasteiger partial charge on any atom is 0.313 e. The first-order valence-electron chi connectivity index (χ1n) is 7.11. The van der Waals surface area contributed by atoms with Crippen LogP contribution in [0, 0.1) is 29.1 Å². The summed E-state index contributed by atoms with van der Waals surface area (Å²) in [5.74, 6) is 1.17. The third kappa shape index (κ3) is 1.58. The Kier molecular flexibility index (Phi) is 2.74. The van der Waals surface area contributed by atoms with Crippen LogP contribution < -0.4 is 0 Å². The number of rotatable bonds is 1. The van der Waals surface area contributed by atoms with Gasteiger partial charge in [-0.05, 0) is 24.7 Å². The highest BCUT2D eigenvalue weighted by Gasteiger charge is 2.57. The van der Waals surface area contributed by atoms with Crippen molar-refractivity contribution in [2.45, 2.75) is 27.2 Å². The number of ether oxygens (including phenoxy) is 1. The van der Waals surface area contributed by atoms with E-state index in [9.17, 15) is 4.79 Å². The first kappa shape index (κ1) is 12.7. The number of carbonyl (C=O) groups excluding carboxylic acids is 1. The third-order valence-corrected chi connectivity index (χ3v) is 5.47. The molecule has 0 unspecified atom stereocenters. The molecule has 0 aliphatic heterocycles. The van der Waals surface area contributed by atoms with Crippen LogP contribution in [0.25, 0.3) is 0 Å². The van der Waals surface area contributed by atoms with Gasteiger partial charge in [0.05, 0.1) is 13.0 Å². The van der Waals surface area contributed by atoms with Gasteiger partial charge >= 0.3 is 5.97 Å². The first-order chi connectivity index (χ1) is 8.98. The summed E-state index contributed by atoms with van der Waals surface area (Å²) in [6.45, 7) is 6.94. The summed E-state index contributed by atoms with van der Waals surface area (Å²) in [6, 6.07) is 0. The van der Waals surface area contributed by atoms with Crippen molar-refractivity contribution in [2.24, 2.45) is 29.1 Å². The maximum absolute atomic E-state index is 12.1. The number of esters is 1. The number of fused-ring (bicyclic) bond motifs is 5. The lowest BCUT2D eigenvalue weighted by atomic mass is 9.66. The Morgan fingerprint density at radius 1 is 1.42 bits per heavy atom. The molecular formula is C17H22O2. The highest BCUT2D eigenvalue weighted by molar-refractivity contribution is 5.76. The Morgan fingerprint density at radius 2 is 2.16 bits per heavy atom. The second-order valence-corrected chi connectivity index (χ2v) is 6.67. The molecule has 2 nitrogen and oxygen atoms in total. The van der Waals surface area contributed by atoms with Crippen LogP contribution in [0.4, 0.5) is 0 Å². The van der Waals surface area contributed by atoms with E-state index in [0.29, 0.717) is 17.8 Å². The molecule has 3 rings (SSSR count). The van der Waals surface area contributed by atoms with Crippen LogP contribution in [-0.4, -0.2) is 13.1 Å². The second kappa shape index (κ2) is 4.09. The van der Waals surface area contributed by atoms with Crippen molar-refractivity contribution in [2.75, 3.05) is 7.11 Å². The summed E-state index contributed by atoms with van der Waals surface area (Å²) >= 11 is 0. The van der Waals surface area contributed by atoms with Gasteiger partial charge in [-0.25, -0.2) is 0 Å². The fourth-order valence-electron chi connectivity index (χ4n) is 4.69. The quantitative estimate of drug-likeness (QED) is 0.531. The fourth-order valence-corrected chi connectivity index (χ4v) is 4.69. The molecule has 3 aliphatic carbocycles. The zero-order chi connectivity index (χ0) is 13.8. The molecule has 0 radical (unpaired) electrons. The Bertz CT molecular complexity index is 507. The van der Waals surface area contributed by atoms with Crippen molar-refractivity contribution < 1.29 is 9.53 Å². The minimum absolute atomic E-state index is 0.0900. The number of allylic oxidation sites excluding steroid dienone is 5. The van der Waals surface area contributed by atoms with E-state index >= 15 is 0 Å². The molecule has 0 spiro atoms. The van der Waals surface area contributed by atoms with Gasteiger partial charge in [0.2, 0.25) is 0 Å². The molecule has 3 aliphatic rings. The molecule has 1 fully saturated rings. The lowest BCUT2D eigenvalue weighted by Gasteiger charge is -2.38. The summed E-state index contributed by atoms with van der Waals surface area (Å²) in [5.41, 5.74) is 3.15. The Balaban J connectivity index is 2.07. The van der Waals surface area contributed by atoms with Crippen molar-refractivity contribution in [3.63, 3.8) is 0 Å². The fraction of sp³-hybridized carbons (Fsp3) is 0.588. The van der Waals surface area contributed by atoms with Crippen molar-refractivity contribution >= 4 is 5.97 Å². The molecule has 0 aromatic carbocycles. The van der Waals surface area contributed by atoms with Crippen LogP contribution in [0.2, 0.25) is 0 Å². The molecule has 0 aromatic rings. The first-order valence-corrected chi connectivity index (χ1v) is 7.11. The number of methoxy groups -OCH3 is 1. The van der Waals surface area contributed by atoms with Gasteiger partial charge in [0.25, 0.3) is 0 Å². The minimum Gasteiger partial charge on any atom is -0.469 e. The van der Waals surface area contributed by atoms with Crippen molar-refractivity contribution in [1.82, 2.24) is 0 Å². The second-order valence-electron chi connectivity index (χ2n) is 6.67. The highest BCUT2D eigenvalue weighted by Crippen LogP contribution is 2.63. The standard InChI is InChI=1S/C17H22O2/c1-10-8-9-13-14-11(15(10)17(13,2)3)6-5-7-12(14)16(18)19-4/h5-8,12-15H,9H2,1-4H3/t12-,13+,14+,15-/m1/s1. The average molecular weight is 258 g/mol. The van der Waals surface area contributed by atoms with Crippen LogP contribution >= 0.6 is 0 Å². The Labute approximate surface area is 115 Å². The number of carbonyl (C=O) groups is 1. The number of hydrogen-bond acceptors (Lipinski definition) is 2. The molecule has 2 heteroatoms. The monoisotopic (exact) mass is 258 g/mol. The van der Waals surface area contributed by atoms with Gasteiger partial charge in [0.15, 0.2) is 0 Å². The Morgan fingerprint density at radius 3 is 2.84 bits per heavy atom. The molecule has 0 amide bonds. The van der Waals surface area contributed by atoms with Gasteiger partial charge in [0.1, 0.15) is 0 Å². The lowest BCUT2D eigenvalue weighted by Crippen LogP contribution is -2.33. The van der Waals surface area contributed by atoms with Crippen LogP contribution in [0.1, 0.15) is 27.2 Å². The van der Waals surface area contributed by atoms with Crippen LogP contribution in [0.5, 0.6) is 0 Å². The zero-order valence-corrected chi connectivity index (χ0v) is 12.1. The molecule has 102 valence electrons. The molecule has 0 N–H and O–H groups in total. The molecule has 1 saturated carbocycles. The van der Waals surface area contributed by atoms with E-state index in [1.807, 2.05) is 12.2 Å². The Hall–Kier alpha value is -1.31. The molecular weight excluding hydrogens is 236 g/mol. The lowest BCUT2D eigenvalue weighted by molar-refractivity contribution is -0.145. The molecule has 4 atom stereocenters. The summed E-state index contributed by atoms with van der Waals surface area (Å²) in [4.78, 5) is 12.1. The van der Waals surface area contributed by atoms with Gasteiger partial charge in [0, 0.05) is 11.8 Å². The normalized spacial score (nSPS) is 38.3. The van der Waals surface area contributed by atoms with Crippen molar-refractivity contribution in [1.29, 1.82) is 0 Å². The van der Waals surface area contributed by atoms with Gasteiger partial charge in [-0.2, -0.15) is 0 Å². The van der Waals surface area contributed by atoms with E-state index in [-0.39, 0.29) is 17.3 Å². The van der Waals surface area contributed by atoms with Crippen molar-refractivity contribution in [3.05, 3.63) is 35.5 Å². The van der Waals surface area contributed by atoms with Crippen molar-refractivity contribution in [3.8, 4) is 0 Å². The van der Waals surface area contributed by atoms with Gasteiger partial charge in [-0.3, -0.25) is 4.79 Å². The van der Waals surface area contributed by atoms with Gasteiger partial charge in [-0.15, -0.1) is 0 Å². The summed E-state index contributed by atoms with van der Waals surface area (Å²) in [6.07, 6.45) is 9.75. The van der Waals surface area contributed by atoms with E-state index in [1.165, 1.54) is 18.3 Å². The van der Waals surface area contributed by atoms with Gasteiger partial charge < -0.3 is 4.74 Å². The summed E-state index contributed by atoms with van der Waals surface area (Å²) < 4.78 is 5.01. The predicted molar refractivity (Wildman–Crippen MR) is 75.4 cm³/mol. The largest absolute Gasteiger partial charge is 0.469 e. The average Bonchev–Trinajstić information content (AvgIpc) is 2.50. The van der Waals surface area contributed by atoms with Crippen LogP contribution in [0.3, 0.4) is 0 Å². The summed E-state index contributed by atoms with van der Waals surface area (Å²) in [7, 11) is 1.49. The van der Waals surface area contributed by atoms with E-state index in [0.717, 1.165) is 6.42 Å².